The van der Waals surface area contributed by atoms with Crippen molar-refractivity contribution in [2.75, 3.05) is 23.8 Å². The molecule has 1 saturated heterocycles. The van der Waals surface area contributed by atoms with E-state index in [4.69, 9.17) is 10.8 Å². The van der Waals surface area contributed by atoms with Crippen molar-refractivity contribution in [3.05, 3.63) is 11.8 Å². The van der Waals surface area contributed by atoms with Gasteiger partial charge in [-0.3, -0.25) is 0 Å². The van der Waals surface area contributed by atoms with Gasteiger partial charge in [0, 0.05) is 31.0 Å². The van der Waals surface area contributed by atoms with Crippen molar-refractivity contribution < 1.29 is 5.11 Å². The number of anilines is 2. The molecular weight excluding hydrogens is 216 g/mol. The summed E-state index contributed by atoms with van der Waals surface area (Å²) in [5.74, 6) is 1.29. The van der Waals surface area contributed by atoms with Crippen molar-refractivity contribution in [2.45, 2.75) is 38.6 Å². The lowest BCUT2D eigenvalue weighted by atomic mass is 10.1. The summed E-state index contributed by atoms with van der Waals surface area (Å²) < 4.78 is 0. The number of nitrogen functional groups attached to an aromatic ring is 1. The van der Waals surface area contributed by atoms with Crippen molar-refractivity contribution in [1.29, 1.82) is 0 Å². The maximum atomic E-state index is 8.92. The quantitative estimate of drug-likeness (QED) is 0.819. The lowest BCUT2D eigenvalue weighted by Crippen LogP contribution is -2.31. The molecule has 2 rings (SSSR count). The van der Waals surface area contributed by atoms with E-state index in [1.54, 1.807) is 6.20 Å². The average molecular weight is 236 g/mol. The summed E-state index contributed by atoms with van der Waals surface area (Å²) in [4.78, 5) is 10.6. The van der Waals surface area contributed by atoms with Crippen LogP contribution in [0, 0.1) is 6.92 Å². The molecular formula is C12H20N4O. The van der Waals surface area contributed by atoms with E-state index in [1.807, 2.05) is 6.92 Å². The third-order valence-electron chi connectivity index (χ3n) is 3.31. The van der Waals surface area contributed by atoms with E-state index in [0.29, 0.717) is 12.0 Å². The molecule has 0 spiro atoms. The minimum absolute atomic E-state index is 0.259. The molecule has 0 amide bonds. The summed E-state index contributed by atoms with van der Waals surface area (Å²) in [5, 5.41) is 8.92. The van der Waals surface area contributed by atoms with E-state index in [1.165, 1.54) is 12.8 Å². The van der Waals surface area contributed by atoms with Gasteiger partial charge in [-0.15, -0.1) is 0 Å². The zero-order valence-electron chi connectivity index (χ0n) is 10.3. The Kier molecular flexibility index (Phi) is 3.78. The van der Waals surface area contributed by atoms with Crippen LogP contribution in [0.2, 0.25) is 0 Å². The molecule has 5 nitrogen and oxygen atoms in total. The predicted octanol–water partition coefficient (Wildman–Crippen LogP) is 1.11. The van der Waals surface area contributed by atoms with Crippen molar-refractivity contribution >= 4 is 11.8 Å². The molecule has 0 bridgehead atoms. The largest absolute Gasteiger partial charge is 0.396 e. The molecule has 0 aromatic carbocycles. The van der Waals surface area contributed by atoms with Crippen molar-refractivity contribution in [3.8, 4) is 0 Å². The van der Waals surface area contributed by atoms with Gasteiger partial charge in [0.2, 0.25) is 5.95 Å². The number of aromatic nitrogens is 2. The minimum atomic E-state index is 0.259. The number of nitrogens with two attached hydrogens (primary N) is 1. The molecule has 1 aromatic heterocycles. The Morgan fingerprint density at radius 3 is 3.18 bits per heavy atom. The van der Waals surface area contributed by atoms with Crippen LogP contribution in [0.15, 0.2) is 6.20 Å². The summed E-state index contributed by atoms with van der Waals surface area (Å²) in [7, 11) is 0. The highest BCUT2D eigenvalue weighted by molar-refractivity contribution is 5.49. The summed E-state index contributed by atoms with van der Waals surface area (Å²) in [5.41, 5.74) is 6.72. The molecule has 17 heavy (non-hydrogen) atoms. The van der Waals surface area contributed by atoms with Gasteiger partial charge in [0.25, 0.3) is 0 Å². The summed E-state index contributed by atoms with van der Waals surface area (Å²) in [6.07, 6.45) is 5.99. The van der Waals surface area contributed by atoms with Gasteiger partial charge in [-0.1, -0.05) is 0 Å². The molecule has 0 aliphatic carbocycles. The molecule has 1 fully saturated rings. The first kappa shape index (κ1) is 12.1. The Hall–Kier alpha value is -1.36. The summed E-state index contributed by atoms with van der Waals surface area (Å²) >= 11 is 0. The number of hydrogen-bond donors (Lipinski definition) is 2. The van der Waals surface area contributed by atoms with Crippen LogP contribution in [-0.2, 0) is 0 Å². The van der Waals surface area contributed by atoms with Crippen LogP contribution in [0.25, 0.3) is 0 Å². The Labute approximate surface area is 102 Å². The van der Waals surface area contributed by atoms with Gasteiger partial charge < -0.3 is 15.7 Å². The van der Waals surface area contributed by atoms with E-state index in [2.05, 4.69) is 14.9 Å². The SMILES string of the molecule is Cc1cnc(N)nc1N1CCCC1CCCO. The Morgan fingerprint density at radius 1 is 1.59 bits per heavy atom. The molecule has 1 aromatic rings. The normalized spacial score (nSPS) is 19.9. The third kappa shape index (κ3) is 2.66. The molecule has 94 valence electrons. The summed E-state index contributed by atoms with van der Waals surface area (Å²) in [6.45, 7) is 3.29. The molecule has 1 aliphatic rings. The number of nitrogens with zero attached hydrogens (tertiary/aromatic N) is 3. The van der Waals surface area contributed by atoms with Crippen LogP contribution in [0.3, 0.4) is 0 Å². The zero-order chi connectivity index (χ0) is 12.3. The number of hydrogen-bond acceptors (Lipinski definition) is 5. The third-order valence-corrected chi connectivity index (χ3v) is 3.31. The number of aliphatic hydroxyl groups is 1. The van der Waals surface area contributed by atoms with Gasteiger partial charge >= 0.3 is 0 Å². The van der Waals surface area contributed by atoms with Gasteiger partial charge in [0.05, 0.1) is 0 Å². The first-order chi connectivity index (χ1) is 8.22. The van der Waals surface area contributed by atoms with Crippen LogP contribution in [0.4, 0.5) is 11.8 Å². The highest BCUT2D eigenvalue weighted by Gasteiger charge is 2.26. The molecule has 1 aliphatic heterocycles. The summed E-state index contributed by atoms with van der Waals surface area (Å²) in [6, 6.07) is 0.482. The highest BCUT2D eigenvalue weighted by atomic mass is 16.2. The smallest absolute Gasteiger partial charge is 0.221 e. The van der Waals surface area contributed by atoms with Gasteiger partial charge in [0.1, 0.15) is 5.82 Å². The Morgan fingerprint density at radius 2 is 2.41 bits per heavy atom. The standard InChI is InChI=1S/C12H20N4O/c1-9-8-14-12(13)15-11(9)16-6-2-4-10(16)5-3-7-17/h8,10,17H,2-7H2,1H3,(H2,13,14,15). The first-order valence-corrected chi connectivity index (χ1v) is 6.19. The van der Waals surface area contributed by atoms with Gasteiger partial charge in [-0.05, 0) is 32.6 Å². The molecule has 1 unspecified atom stereocenters. The van der Waals surface area contributed by atoms with Gasteiger partial charge in [0.15, 0.2) is 0 Å². The van der Waals surface area contributed by atoms with Crippen LogP contribution in [0.5, 0.6) is 0 Å². The minimum Gasteiger partial charge on any atom is -0.396 e. The van der Waals surface area contributed by atoms with Crippen LogP contribution < -0.4 is 10.6 Å². The van der Waals surface area contributed by atoms with E-state index in [-0.39, 0.29) is 6.61 Å². The highest BCUT2D eigenvalue weighted by Crippen LogP contribution is 2.28. The van der Waals surface area contributed by atoms with E-state index in [9.17, 15) is 0 Å². The van der Waals surface area contributed by atoms with Crippen LogP contribution in [0.1, 0.15) is 31.2 Å². The fraction of sp³-hybridized carbons (Fsp3) is 0.667. The average Bonchev–Trinajstić information content (AvgIpc) is 2.77. The van der Waals surface area contributed by atoms with Crippen molar-refractivity contribution in [1.82, 2.24) is 9.97 Å². The van der Waals surface area contributed by atoms with E-state index < -0.39 is 0 Å². The second-order valence-electron chi connectivity index (χ2n) is 4.59. The monoisotopic (exact) mass is 236 g/mol. The molecule has 1 atom stereocenters. The van der Waals surface area contributed by atoms with Gasteiger partial charge in [-0.2, -0.15) is 4.98 Å². The fourth-order valence-electron chi connectivity index (χ4n) is 2.48. The van der Waals surface area contributed by atoms with E-state index in [0.717, 1.165) is 30.8 Å². The van der Waals surface area contributed by atoms with Crippen LogP contribution >= 0.6 is 0 Å². The Balaban J connectivity index is 2.16. The second-order valence-corrected chi connectivity index (χ2v) is 4.59. The molecule has 0 radical (unpaired) electrons. The lowest BCUT2D eigenvalue weighted by Gasteiger charge is -2.26. The molecule has 2 heterocycles. The van der Waals surface area contributed by atoms with Crippen molar-refractivity contribution in [2.24, 2.45) is 0 Å². The van der Waals surface area contributed by atoms with Gasteiger partial charge in [-0.25, -0.2) is 4.98 Å². The predicted molar refractivity (Wildman–Crippen MR) is 67.9 cm³/mol. The topological polar surface area (TPSA) is 75.3 Å². The number of aliphatic hydroxyl groups excluding tert-OH is 1. The number of aryl methyl sites for hydroxylation is 1. The number of rotatable bonds is 4. The molecule has 0 saturated carbocycles. The van der Waals surface area contributed by atoms with Crippen LogP contribution in [-0.4, -0.2) is 34.3 Å². The molecule has 5 heteroatoms. The fourth-order valence-corrected chi connectivity index (χ4v) is 2.48. The maximum Gasteiger partial charge on any atom is 0.221 e. The Bertz CT molecular complexity index is 383. The zero-order valence-corrected chi connectivity index (χ0v) is 10.3. The maximum absolute atomic E-state index is 8.92. The molecule has 3 N–H and O–H groups in total. The van der Waals surface area contributed by atoms with Crippen molar-refractivity contribution in [3.63, 3.8) is 0 Å². The second kappa shape index (κ2) is 5.31. The first-order valence-electron chi connectivity index (χ1n) is 6.19. The lowest BCUT2D eigenvalue weighted by molar-refractivity contribution is 0.279. The van der Waals surface area contributed by atoms with E-state index >= 15 is 0 Å².